The highest BCUT2D eigenvalue weighted by molar-refractivity contribution is 5.74. The zero-order valence-corrected chi connectivity index (χ0v) is 8.40. The number of nitrogen functional groups attached to an aromatic ring is 1. The second-order valence-electron chi connectivity index (χ2n) is 3.06. The lowest BCUT2D eigenvalue weighted by atomic mass is 10.1. The minimum Gasteiger partial charge on any atom is -0.398 e. The van der Waals surface area contributed by atoms with Gasteiger partial charge in [-0.2, -0.15) is 0 Å². The molecule has 0 aliphatic heterocycles. The molecule has 0 fully saturated rings. The van der Waals surface area contributed by atoms with Crippen LogP contribution in [0.15, 0.2) is 55.1 Å². The Morgan fingerprint density at radius 1 is 1.29 bits per heavy atom. The maximum absolute atomic E-state index is 5.84. The van der Waals surface area contributed by atoms with E-state index >= 15 is 0 Å². The molecule has 72 valence electrons. The van der Waals surface area contributed by atoms with Crippen molar-refractivity contribution in [1.29, 1.82) is 0 Å². The summed E-state index contributed by atoms with van der Waals surface area (Å²) in [6, 6.07) is 7.85. The number of para-hydroxylation sites is 1. The van der Waals surface area contributed by atoms with Crippen LogP contribution in [-0.2, 0) is 0 Å². The van der Waals surface area contributed by atoms with Gasteiger partial charge in [0.05, 0.1) is 0 Å². The lowest BCUT2D eigenvalue weighted by Gasteiger charge is -2.03. The first-order valence-electron chi connectivity index (χ1n) is 4.56. The molecule has 1 rings (SSSR count). The predicted octanol–water partition coefficient (Wildman–Crippen LogP) is 3.41. The molecule has 1 heteroatoms. The molecule has 0 unspecified atom stereocenters. The highest BCUT2D eigenvalue weighted by Gasteiger charge is 1.97. The Morgan fingerprint density at radius 3 is 2.64 bits per heavy atom. The molecule has 0 atom stereocenters. The predicted molar refractivity (Wildman–Crippen MR) is 63.8 cm³/mol. The van der Waals surface area contributed by atoms with Crippen molar-refractivity contribution in [3.63, 3.8) is 0 Å². The molecule has 0 aromatic heterocycles. The van der Waals surface area contributed by atoms with Crippen LogP contribution in [-0.4, -0.2) is 0 Å². The molecule has 2 N–H and O–H groups in total. The molecule has 1 aromatic carbocycles. The monoisotopic (exact) mass is 185 g/mol. The van der Waals surface area contributed by atoms with E-state index in [0.717, 1.165) is 16.8 Å². The molecule has 0 radical (unpaired) electrons. The Hall–Kier alpha value is -1.76. The Morgan fingerprint density at radius 2 is 2.00 bits per heavy atom. The maximum atomic E-state index is 5.84. The molecule has 1 nitrogen and oxygen atoms in total. The Bertz CT molecular complexity index is 373. The number of anilines is 1. The van der Waals surface area contributed by atoms with Crippen LogP contribution < -0.4 is 5.73 Å². The van der Waals surface area contributed by atoms with Crippen molar-refractivity contribution in [3.8, 4) is 0 Å². The summed E-state index contributed by atoms with van der Waals surface area (Å²) in [5.74, 6) is 0. The topological polar surface area (TPSA) is 26.0 Å². The summed E-state index contributed by atoms with van der Waals surface area (Å²) in [7, 11) is 0. The molecule has 14 heavy (non-hydrogen) atoms. The molecule has 0 aliphatic carbocycles. The van der Waals surface area contributed by atoms with Gasteiger partial charge in [-0.25, -0.2) is 0 Å². The minimum atomic E-state index is 0.813. The summed E-state index contributed by atoms with van der Waals surface area (Å²) in [4.78, 5) is 0. The second kappa shape index (κ2) is 5.07. The third-order valence-electron chi connectivity index (χ3n) is 1.98. The molecular weight excluding hydrogens is 170 g/mol. The van der Waals surface area contributed by atoms with E-state index in [9.17, 15) is 0 Å². The van der Waals surface area contributed by atoms with Crippen LogP contribution in [0.5, 0.6) is 0 Å². The van der Waals surface area contributed by atoms with Crippen molar-refractivity contribution in [2.45, 2.75) is 6.92 Å². The second-order valence-corrected chi connectivity index (χ2v) is 3.06. The van der Waals surface area contributed by atoms with Crippen LogP contribution >= 0.6 is 0 Å². The molecular formula is C13H15N. The normalized spacial score (nSPS) is 11.9. The summed E-state index contributed by atoms with van der Waals surface area (Å²) < 4.78 is 0. The van der Waals surface area contributed by atoms with Gasteiger partial charge in [-0.15, -0.1) is 0 Å². The zero-order chi connectivity index (χ0) is 10.4. The van der Waals surface area contributed by atoms with Crippen LogP contribution in [0.25, 0.3) is 5.57 Å². The number of benzene rings is 1. The van der Waals surface area contributed by atoms with E-state index in [1.54, 1.807) is 6.08 Å². The number of nitrogens with two attached hydrogens (primary N) is 1. The lowest BCUT2D eigenvalue weighted by Crippen LogP contribution is -1.90. The van der Waals surface area contributed by atoms with Crippen LogP contribution in [0.1, 0.15) is 12.5 Å². The first-order chi connectivity index (χ1) is 6.75. The summed E-state index contributed by atoms with van der Waals surface area (Å²) >= 11 is 0. The van der Waals surface area contributed by atoms with Crippen molar-refractivity contribution < 1.29 is 0 Å². The molecule has 0 heterocycles. The molecule has 0 bridgehead atoms. The van der Waals surface area contributed by atoms with Gasteiger partial charge in [0.2, 0.25) is 0 Å². The Balaban J connectivity index is 2.94. The van der Waals surface area contributed by atoms with Gasteiger partial charge in [0.25, 0.3) is 0 Å². The van der Waals surface area contributed by atoms with Crippen LogP contribution in [0, 0.1) is 0 Å². The fourth-order valence-corrected chi connectivity index (χ4v) is 1.22. The Kier molecular flexibility index (Phi) is 3.74. The third-order valence-corrected chi connectivity index (χ3v) is 1.98. The maximum Gasteiger partial charge on any atom is 0.0390 e. The van der Waals surface area contributed by atoms with Crippen LogP contribution in [0.4, 0.5) is 5.69 Å². The summed E-state index contributed by atoms with van der Waals surface area (Å²) in [6.07, 6.45) is 7.61. The summed E-state index contributed by atoms with van der Waals surface area (Å²) in [5.41, 5.74) is 8.89. The summed E-state index contributed by atoms with van der Waals surface area (Å²) in [6.45, 7) is 5.65. The van der Waals surface area contributed by atoms with Crippen molar-refractivity contribution in [2.24, 2.45) is 0 Å². The van der Waals surface area contributed by atoms with Crippen molar-refractivity contribution in [1.82, 2.24) is 0 Å². The SMILES string of the molecule is C=C/C=C\C=C(/C)c1ccccc1N. The van der Waals surface area contributed by atoms with Gasteiger partial charge < -0.3 is 5.73 Å². The molecule has 0 aliphatic rings. The standard InChI is InChI=1S/C13H15N/c1-3-4-5-8-11(2)12-9-6-7-10-13(12)14/h3-10H,1,14H2,2H3/b5-4-,11-8+. The van der Waals surface area contributed by atoms with Crippen molar-refractivity contribution in [2.75, 3.05) is 5.73 Å². The van der Waals surface area contributed by atoms with E-state index in [4.69, 9.17) is 5.73 Å². The average molecular weight is 185 g/mol. The van der Waals surface area contributed by atoms with Gasteiger partial charge in [-0.1, -0.05) is 49.1 Å². The third kappa shape index (κ3) is 2.63. The molecule has 0 spiro atoms. The van der Waals surface area contributed by atoms with E-state index in [1.807, 2.05) is 49.4 Å². The Labute approximate surface area is 85.3 Å². The minimum absolute atomic E-state index is 0.813. The van der Waals surface area contributed by atoms with Gasteiger partial charge in [-0.05, 0) is 18.6 Å². The van der Waals surface area contributed by atoms with Gasteiger partial charge in [0.1, 0.15) is 0 Å². The van der Waals surface area contributed by atoms with E-state index < -0.39 is 0 Å². The van der Waals surface area contributed by atoms with Crippen LogP contribution in [0.2, 0.25) is 0 Å². The summed E-state index contributed by atoms with van der Waals surface area (Å²) in [5, 5.41) is 0. The molecule has 0 saturated heterocycles. The van der Waals surface area contributed by atoms with Gasteiger partial charge in [0.15, 0.2) is 0 Å². The quantitative estimate of drug-likeness (QED) is 0.566. The molecule has 0 amide bonds. The molecule has 0 saturated carbocycles. The van der Waals surface area contributed by atoms with Gasteiger partial charge >= 0.3 is 0 Å². The van der Waals surface area contributed by atoms with E-state index in [1.165, 1.54) is 0 Å². The van der Waals surface area contributed by atoms with Gasteiger partial charge in [-0.3, -0.25) is 0 Å². The highest BCUT2D eigenvalue weighted by Crippen LogP contribution is 2.20. The number of rotatable bonds is 3. The van der Waals surface area contributed by atoms with E-state index in [0.29, 0.717) is 0 Å². The van der Waals surface area contributed by atoms with Gasteiger partial charge in [0, 0.05) is 11.3 Å². The van der Waals surface area contributed by atoms with E-state index in [2.05, 4.69) is 6.58 Å². The van der Waals surface area contributed by atoms with Crippen molar-refractivity contribution in [3.05, 3.63) is 60.7 Å². The fourth-order valence-electron chi connectivity index (χ4n) is 1.22. The number of hydrogen-bond acceptors (Lipinski definition) is 1. The highest BCUT2D eigenvalue weighted by atomic mass is 14.6. The average Bonchev–Trinajstić information content (AvgIpc) is 2.18. The zero-order valence-electron chi connectivity index (χ0n) is 8.40. The first kappa shape index (κ1) is 10.3. The largest absolute Gasteiger partial charge is 0.398 e. The smallest absolute Gasteiger partial charge is 0.0390 e. The first-order valence-corrected chi connectivity index (χ1v) is 4.56. The fraction of sp³-hybridized carbons (Fsp3) is 0.0769. The molecule has 1 aromatic rings. The van der Waals surface area contributed by atoms with Crippen molar-refractivity contribution >= 4 is 11.3 Å². The van der Waals surface area contributed by atoms with E-state index in [-0.39, 0.29) is 0 Å². The number of allylic oxidation sites excluding steroid dienone is 5. The number of hydrogen-bond donors (Lipinski definition) is 1. The van der Waals surface area contributed by atoms with Crippen LogP contribution in [0.3, 0.4) is 0 Å². The lowest BCUT2D eigenvalue weighted by molar-refractivity contribution is 1.56.